The van der Waals surface area contributed by atoms with Gasteiger partial charge in [-0.05, 0) is 37.6 Å². The van der Waals surface area contributed by atoms with Crippen molar-refractivity contribution in [2.45, 2.75) is 46.4 Å². The van der Waals surface area contributed by atoms with Crippen LogP contribution in [0.2, 0.25) is 0 Å². The molecular weight excluding hydrogens is 318 g/mol. The molecule has 0 bridgehead atoms. The topological polar surface area (TPSA) is 79.5 Å². The summed E-state index contributed by atoms with van der Waals surface area (Å²) in [4.78, 5) is 23.1. The molecule has 1 amide bonds. The van der Waals surface area contributed by atoms with Crippen molar-refractivity contribution in [3.05, 3.63) is 42.1 Å². The lowest BCUT2D eigenvalue weighted by Gasteiger charge is -2.24. The fraction of sp³-hybridized carbons (Fsp3) is 0.474. The van der Waals surface area contributed by atoms with Crippen molar-refractivity contribution in [1.29, 1.82) is 0 Å². The lowest BCUT2D eigenvalue weighted by molar-refractivity contribution is -0.142. The highest BCUT2D eigenvalue weighted by Gasteiger charge is 2.22. The Bertz CT molecular complexity index is 596. The Labute approximate surface area is 150 Å². The minimum absolute atomic E-state index is 0.0512. The second-order valence-corrected chi connectivity index (χ2v) is 6.37. The number of hydrogen-bond donors (Lipinski definition) is 3. The molecule has 1 aromatic rings. The predicted octanol–water partition coefficient (Wildman–Crippen LogP) is 2.42. The van der Waals surface area contributed by atoms with E-state index in [4.69, 9.17) is 4.74 Å². The zero-order valence-electron chi connectivity index (χ0n) is 15.7. The number of likely N-dealkylation sites (N-methyl/N-ethyl adjacent to an activating group) is 1. The van der Waals surface area contributed by atoms with Crippen molar-refractivity contribution in [1.82, 2.24) is 10.6 Å². The van der Waals surface area contributed by atoms with Crippen LogP contribution in [0.3, 0.4) is 0 Å². The van der Waals surface area contributed by atoms with Crippen LogP contribution in [0.1, 0.15) is 33.3 Å². The Morgan fingerprint density at radius 2 is 1.76 bits per heavy atom. The van der Waals surface area contributed by atoms with Gasteiger partial charge >= 0.3 is 5.97 Å². The number of benzene rings is 1. The van der Waals surface area contributed by atoms with Crippen LogP contribution in [-0.4, -0.2) is 31.0 Å². The van der Waals surface area contributed by atoms with Gasteiger partial charge in [0.05, 0.1) is 12.1 Å². The maximum atomic E-state index is 12.3. The Balaban J connectivity index is 2.57. The van der Waals surface area contributed by atoms with Gasteiger partial charge in [-0.3, -0.25) is 9.59 Å². The van der Waals surface area contributed by atoms with Gasteiger partial charge in [0, 0.05) is 18.3 Å². The molecule has 0 spiro atoms. The molecule has 3 N–H and O–H groups in total. The van der Waals surface area contributed by atoms with Gasteiger partial charge in [-0.25, -0.2) is 0 Å². The first-order chi connectivity index (χ1) is 11.7. The molecule has 0 aliphatic carbocycles. The third-order valence-electron chi connectivity index (χ3n) is 3.84. The van der Waals surface area contributed by atoms with E-state index >= 15 is 0 Å². The molecule has 0 saturated carbocycles. The first kappa shape index (κ1) is 20.7. The molecule has 0 radical (unpaired) electrons. The second-order valence-electron chi connectivity index (χ2n) is 6.37. The zero-order valence-corrected chi connectivity index (χ0v) is 15.7. The Kier molecular flexibility index (Phi) is 8.15. The lowest BCUT2D eigenvalue weighted by Crippen LogP contribution is -2.49. The number of carbonyl (C=O) groups excluding carboxylic acids is 2. The number of ether oxygens (including phenoxy) is 1. The van der Waals surface area contributed by atoms with E-state index in [1.807, 2.05) is 45.0 Å². The van der Waals surface area contributed by atoms with Crippen LogP contribution in [0.15, 0.2) is 36.5 Å². The Morgan fingerprint density at radius 1 is 1.16 bits per heavy atom. The van der Waals surface area contributed by atoms with Crippen LogP contribution in [0.4, 0.5) is 5.69 Å². The molecule has 0 unspecified atom stereocenters. The smallest absolute Gasteiger partial charge is 0.302 e. The molecule has 0 fully saturated rings. The molecule has 0 saturated heterocycles. The number of hydrogen-bond acceptors (Lipinski definition) is 5. The number of carbonyl (C=O) groups is 2. The minimum atomic E-state index is -0.304. The number of nitrogens with one attached hydrogen (secondary N) is 3. The molecule has 0 heterocycles. The van der Waals surface area contributed by atoms with Crippen molar-refractivity contribution < 1.29 is 14.3 Å². The van der Waals surface area contributed by atoms with E-state index in [9.17, 15) is 9.59 Å². The summed E-state index contributed by atoms with van der Waals surface area (Å²) in [5.41, 5.74) is 2.45. The van der Waals surface area contributed by atoms with Gasteiger partial charge in [0.2, 0.25) is 5.91 Å². The number of rotatable bonds is 9. The van der Waals surface area contributed by atoms with Gasteiger partial charge in [-0.1, -0.05) is 32.6 Å². The summed E-state index contributed by atoms with van der Waals surface area (Å²) in [6, 6.07) is 7.04. The normalized spacial score (nSPS) is 13.0. The summed E-state index contributed by atoms with van der Waals surface area (Å²) in [7, 11) is 1.78. The fourth-order valence-corrected chi connectivity index (χ4v) is 2.32. The minimum Gasteiger partial charge on any atom is -0.461 e. The molecule has 6 heteroatoms. The maximum Gasteiger partial charge on any atom is 0.302 e. The fourth-order valence-electron chi connectivity index (χ4n) is 2.32. The van der Waals surface area contributed by atoms with Gasteiger partial charge in [0.15, 0.2) is 0 Å². The summed E-state index contributed by atoms with van der Waals surface area (Å²) < 4.78 is 4.95. The third kappa shape index (κ3) is 6.97. The first-order valence-corrected chi connectivity index (χ1v) is 8.40. The van der Waals surface area contributed by atoms with Crippen LogP contribution in [0.5, 0.6) is 0 Å². The molecule has 6 nitrogen and oxygen atoms in total. The highest BCUT2D eigenvalue weighted by atomic mass is 16.5. The summed E-state index contributed by atoms with van der Waals surface area (Å²) >= 11 is 0. The largest absolute Gasteiger partial charge is 0.461 e. The maximum absolute atomic E-state index is 12.3. The van der Waals surface area contributed by atoms with E-state index in [0.717, 1.165) is 11.3 Å². The molecule has 1 aromatic carbocycles. The van der Waals surface area contributed by atoms with Crippen molar-refractivity contribution in [3.8, 4) is 0 Å². The average molecular weight is 347 g/mol. The van der Waals surface area contributed by atoms with E-state index in [2.05, 4.69) is 22.5 Å². The third-order valence-corrected chi connectivity index (χ3v) is 3.84. The highest BCUT2D eigenvalue weighted by Crippen LogP contribution is 2.14. The highest BCUT2D eigenvalue weighted by molar-refractivity contribution is 5.82. The quantitative estimate of drug-likeness (QED) is 0.598. The van der Waals surface area contributed by atoms with Crippen LogP contribution in [0, 0.1) is 5.92 Å². The van der Waals surface area contributed by atoms with E-state index in [1.54, 1.807) is 7.05 Å². The Hall–Kier alpha value is -2.34. The molecule has 25 heavy (non-hydrogen) atoms. The first-order valence-electron chi connectivity index (χ1n) is 8.40. The van der Waals surface area contributed by atoms with Crippen LogP contribution in [-0.2, 0) is 20.9 Å². The number of amides is 1. The van der Waals surface area contributed by atoms with Crippen molar-refractivity contribution >= 4 is 17.6 Å². The zero-order chi connectivity index (χ0) is 19.0. The Morgan fingerprint density at radius 3 is 2.24 bits per heavy atom. The predicted molar refractivity (Wildman–Crippen MR) is 100.0 cm³/mol. The van der Waals surface area contributed by atoms with Crippen LogP contribution >= 0.6 is 0 Å². The van der Waals surface area contributed by atoms with Crippen molar-refractivity contribution in [3.63, 3.8) is 0 Å². The lowest BCUT2D eigenvalue weighted by atomic mass is 10.0. The van der Waals surface area contributed by atoms with E-state index < -0.39 is 0 Å². The van der Waals surface area contributed by atoms with E-state index in [-0.39, 0.29) is 36.5 Å². The summed E-state index contributed by atoms with van der Waals surface area (Å²) in [5, 5.41) is 9.17. The van der Waals surface area contributed by atoms with Crippen LogP contribution < -0.4 is 16.0 Å². The SMILES string of the molecule is C=C(Nc1ccc(COC(C)=O)cc1)[C@H](C)NC(=O)[C@@H](NC)C(C)C. The average Bonchev–Trinajstić information content (AvgIpc) is 2.54. The molecule has 0 aliphatic rings. The van der Waals surface area contributed by atoms with Gasteiger partial charge in [-0.2, -0.15) is 0 Å². The molecule has 0 aromatic heterocycles. The summed E-state index contributed by atoms with van der Waals surface area (Å²) in [6.45, 7) is 11.5. The van der Waals surface area contributed by atoms with Crippen molar-refractivity contribution in [2.24, 2.45) is 5.92 Å². The van der Waals surface area contributed by atoms with Gasteiger partial charge in [0.1, 0.15) is 6.61 Å². The van der Waals surface area contributed by atoms with Gasteiger partial charge in [0.25, 0.3) is 0 Å². The molecule has 2 atom stereocenters. The summed E-state index contributed by atoms with van der Waals surface area (Å²) in [6.07, 6.45) is 0. The van der Waals surface area contributed by atoms with E-state index in [1.165, 1.54) is 6.92 Å². The number of esters is 1. The molecule has 1 rings (SSSR count). The van der Waals surface area contributed by atoms with Crippen LogP contribution in [0.25, 0.3) is 0 Å². The molecule has 138 valence electrons. The summed E-state index contributed by atoms with van der Waals surface area (Å²) in [5.74, 6) is -0.158. The standard InChI is InChI=1S/C19H29N3O3/c1-12(2)18(20-6)19(24)22-14(4)13(3)21-17-9-7-16(8-10-17)11-25-15(5)23/h7-10,12,14,18,20-21H,3,11H2,1-2,4-6H3,(H,22,24)/t14-,18-/m0/s1. The van der Waals surface area contributed by atoms with Gasteiger partial charge < -0.3 is 20.7 Å². The van der Waals surface area contributed by atoms with E-state index in [0.29, 0.717) is 5.70 Å². The number of anilines is 1. The molecule has 0 aliphatic heterocycles. The monoisotopic (exact) mass is 347 g/mol. The van der Waals surface area contributed by atoms with Gasteiger partial charge in [-0.15, -0.1) is 0 Å². The second kappa shape index (κ2) is 9.84. The van der Waals surface area contributed by atoms with Crippen molar-refractivity contribution in [2.75, 3.05) is 12.4 Å². The molecular formula is C19H29N3O3.